The van der Waals surface area contributed by atoms with Crippen molar-refractivity contribution in [2.75, 3.05) is 81.5 Å². The van der Waals surface area contributed by atoms with E-state index in [1.54, 1.807) is 32.4 Å². The van der Waals surface area contributed by atoms with Gasteiger partial charge < -0.3 is 59.2 Å². The molecular weight excluding hydrogens is 837 g/mol. The number of benzene rings is 2. The van der Waals surface area contributed by atoms with Crippen molar-refractivity contribution < 1.29 is 47.6 Å². The van der Waals surface area contributed by atoms with Gasteiger partial charge >= 0.3 is 6.09 Å². The number of imidazole rings is 2. The first kappa shape index (κ1) is 53.4. The molecule has 0 aliphatic carbocycles. The van der Waals surface area contributed by atoms with Gasteiger partial charge in [-0.05, 0) is 74.0 Å². The number of likely N-dealkylation sites (tertiary alicyclic amines) is 1. The molecule has 2 unspecified atom stereocenters. The summed E-state index contributed by atoms with van der Waals surface area (Å²) in [6, 6.07) is 11.1. The summed E-state index contributed by atoms with van der Waals surface area (Å²) in [4.78, 5) is 64.5. The molecule has 1 aliphatic rings. The van der Waals surface area contributed by atoms with E-state index in [9.17, 15) is 14.4 Å². The summed E-state index contributed by atoms with van der Waals surface area (Å²) in [7, 11) is 7.61. The molecule has 5 N–H and O–H groups in total. The number of aromatic nitrogens is 4. The minimum absolute atomic E-state index is 0.0134. The number of likely N-dealkylation sites (N-methyl/N-ethyl adjacent to an activating group) is 1. The lowest BCUT2D eigenvalue weighted by atomic mass is 9.99. The van der Waals surface area contributed by atoms with Crippen LogP contribution in [-0.2, 0) is 39.8 Å². The summed E-state index contributed by atoms with van der Waals surface area (Å²) in [5.41, 5.74) is 5.10. The number of hydrogen-bond acceptors (Lipinski definition) is 13. The van der Waals surface area contributed by atoms with E-state index in [4.69, 9.17) is 33.5 Å². The predicted octanol–water partition coefficient (Wildman–Crippen LogP) is 6.09. The molecule has 0 radical (unpaired) electrons. The van der Waals surface area contributed by atoms with Crippen LogP contribution in [0.4, 0.5) is 4.79 Å². The summed E-state index contributed by atoms with van der Waals surface area (Å²) in [5.74, 6) is 2.52. The van der Waals surface area contributed by atoms with Gasteiger partial charge in [-0.25, -0.2) is 14.8 Å². The third-order valence-corrected chi connectivity index (χ3v) is 10.0. The number of carbonyl (C=O) groups is 4. The predicted molar refractivity (Wildman–Crippen MR) is 249 cm³/mol. The highest BCUT2D eigenvalue weighted by molar-refractivity contribution is 5.86. The Labute approximate surface area is 383 Å². The fourth-order valence-electron chi connectivity index (χ4n) is 6.89. The lowest BCUT2D eigenvalue weighted by Gasteiger charge is -2.30. The third-order valence-electron chi connectivity index (χ3n) is 10.0. The van der Waals surface area contributed by atoms with E-state index < -0.39 is 12.1 Å². The number of hydrogen-bond donors (Lipinski definition) is 5. The van der Waals surface area contributed by atoms with Crippen LogP contribution in [0.15, 0.2) is 48.8 Å². The van der Waals surface area contributed by atoms with Crippen molar-refractivity contribution in [3.8, 4) is 45.1 Å². The summed E-state index contributed by atoms with van der Waals surface area (Å²) < 4.78 is 31.8. The van der Waals surface area contributed by atoms with Crippen LogP contribution in [0.1, 0.15) is 77.5 Å². The molecule has 358 valence electrons. The van der Waals surface area contributed by atoms with Crippen LogP contribution in [0.25, 0.3) is 33.6 Å². The number of aryl methyl sites for hydroxylation is 1. The molecule has 3 heterocycles. The smallest absolute Gasteiger partial charge is 0.407 e. The number of methoxy groups -OCH3 is 4. The Balaban J connectivity index is 0.00000150. The van der Waals surface area contributed by atoms with Crippen molar-refractivity contribution in [2.45, 2.75) is 78.3 Å². The monoisotopic (exact) mass is 907 g/mol. The molecule has 0 saturated carbocycles. The van der Waals surface area contributed by atoms with E-state index in [1.807, 2.05) is 56.4 Å². The number of ether oxygens (including phenoxy) is 6. The van der Waals surface area contributed by atoms with E-state index in [2.05, 4.69) is 49.5 Å². The maximum atomic E-state index is 13.7. The van der Waals surface area contributed by atoms with Crippen molar-refractivity contribution in [3.63, 3.8) is 0 Å². The standard InChI is InChI=1S/C42H58N8O8.C3H8.C2H4O2/c1-27(2)39(49-42(53)56-6)41(52)50-17-9-10-34(50)40-46-25-33(48-40)31-15-13-29(23-36(31)58-21-19-55-5)28-12-14-30(35(22-28)57-20-18-54-4)32-24-45-37(47-32)11-7-8-16-44-38(51)26-43-3;1-3-2;1-4-2-3/h12-15,22-25,27,34,39,43H,7-11,16-21,26H2,1-6H3,(H,44,51)(H,45,47)(H,46,48)(H,49,53);3H2,1-2H3;2H,1H3. The number of rotatable bonds is 23. The van der Waals surface area contributed by atoms with Crippen LogP contribution in [-0.4, -0.2) is 137 Å². The Morgan fingerprint density at radius 3 is 1.98 bits per heavy atom. The van der Waals surface area contributed by atoms with E-state index in [-0.39, 0.29) is 23.8 Å². The molecule has 2 aromatic carbocycles. The van der Waals surface area contributed by atoms with Crippen LogP contribution in [0.2, 0.25) is 0 Å². The van der Waals surface area contributed by atoms with Gasteiger partial charge in [0.1, 0.15) is 42.4 Å². The average molecular weight is 907 g/mol. The van der Waals surface area contributed by atoms with Crippen LogP contribution in [0.3, 0.4) is 0 Å². The van der Waals surface area contributed by atoms with Crippen LogP contribution >= 0.6 is 0 Å². The minimum Gasteiger partial charge on any atom is -0.490 e. The number of aromatic amines is 2. The van der Waals surface area contributed by atoms with Gasteiger partial charge in [-0.15, -0.1) is 0 Å². The molecule has 1 aliphatic heterocycles. The van der Waals surface area contributed by atoms with Gasteiger partial charge in [0.25, 0.3) is 6.47 Å². The second-order valence-electron chi connectivity index (χ2n) is 15.5. The first-order chi connectivity index (χ1) is 31.5. The molecular formula is C47H70N8O10. The Morgan fingerprint density at radius 2 is 1.45 bits per heavy atom. The van der Waals surface area contributed by atoms with Crippen molar-refractivity contribution in [1.82, 2.24) is 40.8 Å². The molecule has 3 amide bonds. The fraction of sp³-hybridized carbons (Fsp3) is 0.532. The summed E-state index contributed by atoms with van der Waals surface area (Å²) in [6.07, 6.45) is 8.21. The molecule has 2 aromatic heterocycles. The zero-order valence-electron chi connectivity index (χ0n) is 39.5. The third kappa shape index (κ3) is 16.8. The van der Waals surface area contributed by atoms with Crippen LogP contribution in [0.5, 0.6) is 11.5 Å². The zero-order chi connectivity index (χ0) is 47.6. The average Bonchev–Trinajstić information content (AvgIpc) is 4.11. The summed E-state index contributed by atoms with van der Waals surface area (Å²) in [5, 5.41) is 8.46. The van der Waals surface area contributed by atoms with Crippen LogP contribution < -0.4 is 25.4 Å². The normalized spacial score (nSPS) is 13.4. The topological polar surface area (TPSA) is 220 Å². The second-order valence-corrected chi connectivity index (χ2v) is 15.5. The highest BCUT2D eigenvalue weighted by atomic mass is 16.5. The second kappa shape index (κ2) is 29.5. The molecule has 0 bridgehead atoms. The maximum absolute atomic E-state index is 13.7. The molecule has 0 spiro atoms. The van der Waals surface area contributed by atoms with E-state index in [0.717, 1.165) is 71.6 Å². The van der Waals surface area contributed by atoms with Gasteiger partial charge in [-0.2, -0.15) is 0 Å². The quantitative estimate of drug-likeness (QED) is 0.0421. The molecule has 5 rings (SSSR count). The van der Waals surface area contributed by atoms with Crippen molar-refractivity contribution in [2.24, 2.45) is 5.92 Å². The highest BCUT2D eigenvalue weighted by Crippen LogP contribution is 2.39. The van der Waals surface area contributed by atoms with Gasteiger partial charge in [0.15, 0.2) is 0 Å². The number of nitrogens with zero attached hydrogens (tertiary/aromatic N) is 3. The maximum Gasteiger partial charge on any atom is 0.407 e. The van der Waals surface area contributed by atoms with Gasteiger partial charge in [0.2, 0.25) is 11.8 Å². The van der Waals surface area contributed by atoms with Gasteiger partial charge in [0.05, 0.1) is 63.8 Å². The Bertz CT molecular complexity index is 2040. The lowest BCUT2D eigenvalue weighted by molar-refractivity contribution is -0.135. The molecule has 18 heteroatoms. The number of alkyl carbamates (subject to hydrolysis) is 1. The van der Waals surface area contributed by atoms with Crippen molar-refractivity contribution in [3.05, 3.63) is 60.4 Å². The Kier molecular flexibility index (Phi) is 24.2. The molecule has 65 heavy (non-hydrogen) atoms. The number of carbonyl (C=O) groups excluding carboxylic acids is 4. The minimum atomic E-state index is -0.723. The number of amides is 3. The van der Waals surface area contributed by atoms with E-state index in [0.29, 0.717) is 69.9 Å². The van der Waals surface area contributed by atoms with E-state index in [1.165, 1.54) is 20.6 Å². The largest absolute Gasteiger partial charge is 0.490 e. The molecule has 1 fully saturated rings. The number of unbranched alkanes of at least 4 members (excludes halogenated alkanes) is 1. The first-order valence-corrected chi connectivity index (χ1v) is 22.1. The van der Waals surface area contributed by atoms with E-state index >= 15 is 0 Å². The van der Waals surface area contributed by atoms with Crippen LogP contribution in [0, 0.1) is 5.92 Å². The molecule has 1 saturated heterocycles. The first-order valence-electron chi connectivity index (χ1n) is 22.1. The molecule has 18 nitrogen and oxygen atoms in total. The fourth-order valence-corrected chi connectivity index (χ4v) is 6.89. The number of nitrogens with one attached hydrogen (secondary N) is 5. The SMILES string of the molecule is CCC.CNCC(=O)NCCCCc1ncc(-c2ccc(-c3ccc(-c4cnc(C5CCCN5C(=O)C(NC(=O)OC)C(C)C)[nH]4)c(OCCOC)c3)cc2OCCOC)[nH]1.COC=O. The molecule has 2 atom stereocenters. The summed E-state index contributed by atoms with van der Waals surface area (Å²) in [6.45, 7) is 11.4. The Hall–Kier alpha value is -5.98. The van der Waals surface area contributed by atoms with Gasteiger partial charge in [-0.1, -0.05) is 46.2 Å². The molecule has 4 aromatic rings. The Morgan fingerprint density at radius 1 is 0.862 bits per heavy atom. The summed E-state index contributed by atoms with van der Waals surface area (Å²) >= 11 is 0. The van der Waals surface area contributed by atoms with Crippen molar-refractivity contribution >= 4 is 24.4 Å². The van der Waals surface area contributed by atoms with Gasteiger partial charge in [-0.3, -0.25) is 14.4 Å². The zero-order valence-corrected chi connectivity index (χ0v) is 39.5. The van der Waals surface area contributed by atoms with Crippen molar-refractivity contribution in [1.29, 1.82) is 0 Å². The highest BCUT2D eigenvalue weighted by Gasteiger charge is 2.37. The van der Waals surface area contributed by atoms with Gasteiger partial charge in [0, 0.05) is 44.9 Å². The number of H-pyrrole nitrogens is 2. The lowest BCUT2D eigenvalue weighted by Crippen LogP contribution is -2.51.